The lowest BCUT2D eigenvalue weighted by molar-refractivity contribution is -0.123. The zero-order valence-corrected chi connectivity index (χ0v) is 10.8. The van der Waals surface area contributed by atoms with Crippen molar-refractivity contribution in [1.82, 2.24) is 5.32 Å². The Morgan fingerprint density at radius 2 is 1.88 bits per heavy atom. The first-order chi connectivity index (χ1) is 7.86. The molecule has 4 heteroatoms. The fraction of sp³-hybridized carbons (Fsp3) is 0.462. The van der Waals surface area contributed by atoms with Crippen molar-refractivity contribution in [2.45, 2.75) is 32.4 Å². The highest BCUT2D eigenvalue weighted by molar-refractivity contribution is 5.83. The molecule has 1 rings (SSSR count). The molecule has 0 saturated carbocycles. The second-order valence-electron chi connectivity index (χ2n) is 4.63. The fourth-order valence-electron chi connectivity index (χ4n) is 1.59. The minimum Gasteiger partial charge on any atom is -0.497 e. The first-order valence-corrected chi connectivity index (χ1v) is 5.58. The van der Waals surface area contributed by atoms with E-state index in [1.165, 1.54) is 0 Å². The number of carbonyl (C=O) groups is 1. The molecule has 0 bridgehead atoms. The number of hydrogen-bond donors (Lipinski definition) is 2. The van der Waals surface area contributed by atoms with Crippen LogP contribution < -0.4 is 15.8 Å². The van der Waals surface area contributed by atoms with Crippen molar-refractivity contribution in [1.29, 1.82) is 0 Å². The Kier molecular flexibility index (Phi) is 4.12. The van der Waals surface area contributed by atoms with Crippen LogP contribution in [0.3, 0.4) is 0 Å². The topological polar surface area (TPSA) is 64.3 Å². The van der Waals surface area contributed by atoms with Gasteiger partial charge in [0.1, 0.15) is 5.75 Å². The second kappa shape index (κ2) is 5.19. The van der Waals surface area contributed by atoms with Gasteiger partial charge in [-0.25, -0.2) is 0 Å². The average molecular weight is 236 g/mol. The van der Waals surface area contributed by atoms with Gasteiger partial charge >= 0.3 is 0 Å². The molecule has 0 aliphatic heterocycles. The highest BCUT2D eigenvalue weighted by atomic mass is 16.5. The van der Waals surface area contributed by atoms with E-state index in [1.807, 2.05) is 31.2 Å². The summed E-state index contributed by atoms with van der Waals surface area (Å²) in [5.41, 5.74) is 5.68. The van der Waals surface area contributed by atoms with E-state index in [0.29, 0.717) is 0 Å². The number of rotatable bonds is 5. The van der Waals surface area contributed by atoms with E-state index >= 15 is 0 Å². The molecule has 3 N–H and O–H groups in total. The van der Waals surface area contributed by atoms with E-state index in [4.69, 9.17) is 10.5 Å². The van der Waals surface area contributed by atoms with Gasteiger partial charge in [-0.2, -0.15) is 0 Å². The van der Waals surface area contributed by atoms with Crippen LogP contribution in [-0.4, -0.2) is 18.6 Å². The Bertz CT molecular complexity index is 385. The summed E-state index contributed by atoms with van der Waals surface area (Å²) in [5.74, 6) is 0.452. The molecule has 94 valence electrons. The minimum atomic E-state index is -0.723. The molecule has 1 aromatic carbocycles. The number of nitrogens with one attached hydrogen (secondary N) is 1. The first kappa shape index (κ1) is 13.5. The van der Waals surface area contributed by atoms with Gasteiger partial charge in [0.15, 0.2) is 0 Å². The maximum absolute atomic E-state index is 11.2. The molecule has 17 heavy (non-hydrogen) atoms. The molecule has 1 unspecified atom stereocenters. The van der Waals surface area contributed by atoms with Gasteiger partial charge in [-0.3, -0.25) is 10.1 Å². The molecular formula is C13H20N2O2. The number of carbonyl (C=O) groups excluding carboxylic acids is 1. The zero-order chi connectivity index (χ0) is 13.1. The Labute approximate surface area is 102 Å². The number of benzene rings is 1. The molecule has 0 heterocycles. The van der Waals surface area contributed by atoms with Gasteiger partial charge in [-0.15, -0.1) is 0 Å². The molecule has 0 spiro atoms. The predicted octanol–water partition coefficient (Wildman–Crippen LogP) is 1.61. The van der Waals surface area contributed by atoms with Gasteiger partial charge < -0.3 is 10.5 Å². The third-order valence-electron chi connectivity index (χ3n) is 2.81. The SMILES string of the molecule is COc1ccc(C(C)NC(C)(C)C(N)=O)cc1. The maximum atomic E-state index is 11.2. The lowest BCUT2D eigenvalue weighted by atomic mass is 10.0. The van der Waals surface area contributed by atoms with E-state index in [1.54, 1.807) is 21.0 Å². The summed E-state index contributed by atoms with van der Waals surface area (Å²) in [6, 6.07) is 7.76. The number of methoxy groups -OCH3 is 1. The number of ether oxygens (including phenoxy) is 1. The van der Waals surface area contributed by atoms with Crippen LogP contribution in [0.4, 0.5) is 0 Å². The van der Waals surface area contributed by atoms with Gasteiger partial charge in [0.2, 0.25) is 5.91 Å². The predicted molar refractivity (Wildman–Crippen MR) is 67.8 cm³/mol. The van der Waals surface area contributed by atoms with Crippen molar-refractivity contribution in [3.63, 3.8) is 0 Å². The van der Waals surface area contributed by atoms with Crippen LogP contribution in [0.5, 0.6) is 5.75 Å². The molecule has 0 fully saturated rings. The van der Waals surface area contributed by atoms with Crippen LogP contribution in [0.2, 0.25) is 0 Å². The number of nitrogens with two attached hydrogens (primary N) is 1. The van der Waals surface area contributed by atoms with E-state index in [9.17, 15) is 4.79 Å². The molecule has 1 amide bonds. The normalized spacial score (nSPS) is 13.2. The number of amides is 1. The van der Waals surface area contributed by atoms with Crippen LogP contribution in [0, 0.1) is 0 Å². The van der Waals surface area contributed by atoms with E-state index in [0.717, 1.165) is 11.3 Å². The van der Waals surface area contributed by atoms with Gasteiger partial charge in [-0.1, -0.05) is 12.1 Å². The molecule has 0 aliphatic rings. The number of primary amides is 1. The minimum absolute atomic E-state index is 0.0448. The quantitative estimate of drug-likeness (QED) is 0.816. The summed E-state index contributed by atoms with van der Waals surface area (Å²) < 4.78 is 5.09. The highest BCUT2D eigenvalue weighted by Gasteiger charge is 2.26. The molecule has 0 saturated heterocycles. The molecule has 0 aromatic heterocycles. The molecule has 4 nitrogen and oxygen atoms in total. The van der Waals surface area contributed by atoms with Crippen molar-refractivity contribution in [3.05, 3.63) is 29.8 Å². The molecule has 1 aromatic rings. The molecule has 1 atom stereocenters. The Balaban J connectivity index is 2.76. The van der Waals surface area contributed by atoms with Gasteiger partial charge in [0.05, 0.1) is 12.6 Å². The lowest BCUT2D eigenvalue weighted by Gasteiger charge is -2.27. The molecule has 0 radical (unpaired) electrons. The third-order valence-corrected chi connectivity index (χ3v) is 2.81. The highest BCUT2D eigenvalue weighted by Crippen LogP contribution is 2.19. The second-order valence-corrected chi connectivity index (χ2v) is 4.63. The summed E-state index contributed by atoms with van der Waals surface area (Å²) in [6.07, 6.45) is 0. The molecule has 0 aliphatic carbocycles. The largest absolute Gasteiger partial charge is 0.497 e. The van der Waals surface area contributed by atoms with Crippen LogP contribution in [0.25, 0.3) is 0 Å². The van der Waals surface area contributed by atoms with Crippen LogP contribution in [0.15, 0.2) is 24.3 Å². The standard InChI is InChI=1S/C13H20N2O2/c1-9(15-13(2,3)12(14)16)10-5-7-11(17-4)8-6-10/h5-9,15H,1-4H3,(H2,14,16). The fourth-order valence-corrected chi connectivity index (χ4v) is 1.59. The number of hydrogen-bond acceptors (Lipinski definition) is 3. The summed E-state index contributed by atoms with van der Waals surface area (Å²) in [7, 11) is 1.63. The van der Waals surface area contributed by atoms with Crippen LogP contribution >= 0.6 is 0 Å². The Morgan fingerprint density at radius 3 is 2.29 bits per heavy atom. The average Bonchev–Trinajstić information content (AvgIpc) is 2.28. The van der Waals surface area contributed by atoms with Gasteiger partial charge in [0, 0.05) is 6.04 Å². The smallest absolute Gasteiger partial charge is 0.237 e. The third kappa shape index (κ3) is 3.46. The summed E-state index contributed by atoms with van der Waals surface area (Å²) >= 11 is 0. The van der Waals surface area contributed by atoms with E-state index < -0.39 is 5.54 Å². The van der Waals surface area contributed by atoms with Crippen molar-refractivity contribution < 1.29 is 9.53 Å². The van der Waals surface area contributed by atoms with E-state index in [-0.39, 0.29) is 11.9 Å². The summed E-state index contributed by atoms with van der Waals surface area (Å²) in [4.78, 5) is 11.2. The first-order valence-electron chi connectivity index (χ1n) is 5.58. The summed E-state index contributed by atoms with van der Waals surface area (Å²) in [5, 5.41) is 3.19. The Morgan fingerprint density at radius 1 is 1.35 bits per heavy atom. The van der Waals surface area contributed by atoms with Crippen molar-refractivity contribution >= 4 is 5.91 Å². The van der Waals surface area contributed by atoms with Crippen LogP contribution in [-0.2, 0) is 4.79 Å². The molecular weight excluding hydrogens is 216 g/mol. The monoisotopic (exact) mass is 236 g/mol. The van der Waals surface area contributed by atoms with Gasteiger partial charge in [-0.05, 0) is 38.5 Å². The van der Waals surface area contributed by atoms with E-state index in [2.05, 4.69) is 5.32 Å². The van der Waals surface area contributed by atoms with Crippen LogP contribution in [0.1, 0.15) is 32.4 Å². The maximum Gasteiger partial charge on any atom is 0.237 e. The van der Waals surface area contributed by atoms with Crippen molar-refractivity contribution in [2.24, 2.45) is 5.73 Å². The zero-order valence-electron chi connectivity index (χ0n) is 10.8. The van der Waals surface area contributed by atoms with Crippen molar-refractivity contribution in [3.8, 4) is 5.75 Å². The summed E-state index contributed by atoms with van der Waals surface area (Å²) in [6.45, 7) is 5.54. The van der Waals surface area contributed by atoms with Gasteiger partial charge in [0.25, 0.3) is 0 Å². The Hall–Kier alpha value is -1.55. The van der Waals surface area contributed by atoms with Crippen molar-refractivity contribution in [2.75, 3.05) is 7.11 Å². The lowest BCUT2D eigenvalue weighted by Crippen LogP contribution is -2.51.